The molecule has 0 aliphatic heterocycles. The minimum Gasteiger partial charge on any atom is -0.466 e. The molecule has 1 unspecified atom stereocenters. The van der Waals surface area contributed by atoms with Crippen LogP contribution in [0.4, 0.5) is 0 Å². The van der Waals surface area contributed by atoms with Gasteiger partial charge in [0.2, 0.25) is 0 Å². The van der Waals surface area contributed by atoms with Crippen molar-refractivity contribution >= 4 is 5.97 Å². The van der Waals surface area contributed by atoms with Gasteiger partial charge in [-0.3, -0.25) is 4.79 Å². The van der Waals surface area contributed by atoms with Crippen LogP contribution in [0.15, 0.2) is 24.3 Å². The van der Waals surface area contributed by atoms with Crippen molar-refractivity contribution in [1.29, 1.82) is 5.26 Å². The van der Waals surface area contributed by atoms with Crippen molar-refractivity contribution in [2.24, 2.45) is 0 Å². The molecule has 0 amide bonds. The third-order valence-electron chi connectivity index (χ3n) is 2.35. The van der Waals surface area contributed by atoms with Crippen molar-refractivity contribution in [3.05, 3.63) is 35.4 Å². The topological polar surface area (TPSA) is 70.3 Å². The van der Waals surface area contributed by atoms with Crippen molar-refractivity contribution in [2.75, 3.05) is 6.61 Å². The van der Waals surface area contributed by atoms with Gasteiger partial charge in [-0.05, 0) is 31.0 Å². The highest BCUT2D eigenvalue weighted by Crippen LogP contribution is 2.18. The molecule has 90 valence electrons. The minimum absolute atomic E-state index is 0.189. The summed E-state index contributed by atoms with van der Waals surface area (Å²) >= 11 is 0. The first-order valence-corrected chi connectivity index (χ1v) is 5.51. The average molecular weight is 233 g/mol. The summed E-state index contributed by atoms with van der Waals surface area (Å²) in [6.45, 7) is 2.10. The van der Waals surface area contributed by atoms with Crippen molar-refractivity contribution < 1.29 is 14.6 Å². The SMILES string of the molecule is CCOC(=O)CCC(O)c1ccc(C#N)cc1. The van der Waals surface area contributed by atoms with E-state index in [1.165, 1.54) is 0 Å². The molecular weight excluding hydrogens is 218 g/mol. The van der Waals surface area contributed by atoms with Gasteiger partial charge < -0.3 is 9.84 Å². The maximum atomic E-state index is 11.1. The molecule has 1 N–H and O–H groups in total. The summed E-state index contributed by atoms with van der Waals surface area (Å²) in [6, 6.07) is 8.67. The predicted octanol–water partition coefficient (Wildman–Crippen LogP) is 1.93. The molecule has 1 aromatic rings. The monoisotopic (exact) mass is 233 g/mol. The van der Waals surface area contributed by atoms with Gasteiger partial charge in [0.25, 0.3) is 0 Å². The molecule has 4 heteroatoms. The molecule has 0 saturated carbocycles. The Morgan fingerprint density at radius 2 is 2.12 bits per heavy atom. The molecule has 0 aliphatic carbocycles. The number of carbonyl (C=O) groups is 1. The molecule has 0 radical (unpaired) electrons. The molecular formula is C13H15NO3. The van der Waals surface area contributed by atoms with Gasteiger partial charge in [0.15, 0.2) is 0 Å². The van der Waals surface area contributed by atoms with E-state index < -0.39 is 6.10 Å². The molecule has 1 aromatic carbocycles. The van der Waals surface area contributed by atoms with E-state index in [0.717, 1.165) is 0 Å². The summed E-state index contributed by atoms with van der Waals surface area (Å²) in [5.41, 5.74) is 1.25. The molecule has 17 heavy (non-hydrogen) atoms. The van der Waals surface area contributed by atoms with Crippen molar-refractivity contribution in [3.8, 4) is 6.07 Å². The lowest BCUT2D eigenvalue weighted by Crippen LogP contribution is -2.07. The van der Waals surface area contributed by atoms with Crippen LogP contribution in [0, 0.1) is 11.3 Å². The predicted molar refractivity (Wildman–Crippen MR) is 62.0 cm³/mol. The highest BCUT2D eigenvalue weighted by atomic mass is 16.5. The Kier molecular flexibility index (Phi) is 5.18. The largest absolute Gasteiger partial charge is 0.466 e. The van der Waals surface area contributed by atoms with E-state index >= 15 is 0 Å². The van der Waals surface area contributed by atoms with E-state index in [2.05, 4.69) is 0 Å². The molecule has 0 bridgehead atoms. The quantitative estimate of drug-likeness (QED) is 0.789. The fourth-order valence-corrected chi connectivity index (χ4v) is 1.43. The van der Waals surface area contributed by atoms with Crippen LogP contribution in [0.2, 0.25) is 0 Å². The van der Waals surface area contributed by atoms with E-state index in [4.69, 9.17) is 10.00 Å². The summed E-state index contributed by atoms with van der Waals surface area (Å²) < 4.78 is 4.77. The van der Waals surface area contributed by atoms with Crippen LogP contribution < -0.4 is 0 Å². The van der Waals surface area contributed by atoms with E-state index in [0.29, 0.717) is 24.2 Å². The Morgan fingerprint density at radius 3 is 2.65 bits per heavy atom. The molecule has 1 atom stereocenters. The summed E-state index contributed by atoms with van der Waals surface area (Å²) in [5.74, 6) is -0.305. The lowest BCUT2D eigenvalue weighted by molar-refractivity contribution is -0.143. The van der Waals surface area contributed by atoms with Crippen LogP contribution in [0.25, 0.3) is 0 Å². The first-order valence-electron chi connectivity index (χ1n) is 5.51. The Morgan fingerprint density at radius 1 is 1.47 bits per heavy atom. The van der Waals surface area contributed by atoms with Gasteiger partial charge in [-0.2, -0.15) is 5.26 Å². The van der Waals surface area contributed by atoms with E-state index in [1.54, 1.807) is 31.2 Å². The zero-order chi connectivity index (χ0) is 12.7. The van der Waals surface area contributed by atoms with E-state index in [1.807, 2.05) is 6.07 Å². The highest BCUT2D eigenvalue weighted by molar-refractivity contribution is 5.69. The van der Waals surface area contributed by atoms with Gasteiger partial charge in [0.05, 0.1) is 24.3 Å². The van der Waals surface area contributed by atoms with E-state index in [-0.39, 0.29) is 12.4 Å². The first kappa shape index (κ1) is 13.2. The van der Waals surface area contributed by atoms with Crippen molar-refractivity contribution in [3.63, 3.8) is 0 Å². The Balaban J connectivity index is 2.49. The molecule has 4 nitrogen and oxygen atoms in total. The first-order chi connectivity index (χ1) is 8.17. The Labute approximate surface area is 100 Å². The standard InChI is InChI=1S/C13H15NO3/c1-2-17-13(16)8-7-12(15)11-5-3-10(9-14)4-6-11/h3-6,12,15H,2,7-8H2,1H3. The lowest BCUT2D eigenvalue weighted by atomic mass is 10.0. The number of nitriles is 1. The minimum atomic E-state index is -0.702. The lowest BCUT2D eigenvalue weighted by Gasteiger charge is -2.10. The van der Waals surface area contributed by atoms with Crippen LogP contribution >= 0.6 is 0 Å². The second-order valence-electron chi connectivity index (χ2n) is 3.59. The molecule has 0 fully saturated rings. The number of esters is 1. The number of hydrogen-bond acceptors (Lipinski definition) is 4. The number of aliphatic hydroxyl groups is 1. The van der Waals surface area contributed by atoms with Gasteiger partial charge in [-0.15, -0.1) is 0 Å². The third-order valence-corrected chi connectivity index (χ3v) is 2.35. The maximum absolute atomic E-state index is 11.1. The number of carbonyl (C=O) groups excluding carboxylic acids is 1. The van der Waals surface area contributed by atoms with Gasteiger partial charge in [0, 0.05) is 6.42 Å². The van der Waals surface area contributed by atoms with Crippen LogP contribution in [-0.2, 0) is 9.53 Å². The molecule has 1 rings (SSSR count). The van der Waals surface area contributed by atoms with Gasteiger partial charge in [-0.1, -0.05) is 12.1 Å². The fourth-order valence-electron chi connectivity index (χ4n) is 1.43. The molecule has 0 saturated heterocycles. The third kappa shape index (κ3) is 4.25. The fraction of sp³-hybridized carbons (Fsp3) is 0.385. The second kappa shape index (κ2) is 6.66. The second-order valence-corrected chi connectivity index (χ2v) is 3.59. The summed E-state index contributed by atoms with van der Waals surface area (Å²) in [4.78, 5) is 11.1. The number of rotatable bonds is 5. The van der Waals surface area contributed by atoms with Gasteiger partial charge in [0.1, 0.15) is 0 Å². The van der Waals surface area contributed by atoms with Crippen molar-refractivity contribution in [2.45, 2.75) is 25.9 Å². The summed E-state index contributed by atoms with van der Waals surface area (Å²) in [7, 11) is 0. The normalized spacial score (nSPS) is 11.6. The molecule has 0 heterocycles. The Hall–Kier alpha value is -1.86. The smallest absolute Gasteiger partial charge is 0.305 e. The van der Waals surface area contributed by atoms with Crippen molar-refractivity contribution in [1.82, 2.24) is 0 Å². The summed E-state index contributed by atoms with van der Waals surface area (Å²) in [6.07, 6.45) is -0.188. The van der Waals surface area contributed by atoms with Crippen LogP contribution in [0.5, 0.6) is 0 Å². The maximum Gasteiger partial charge on any atom is 0.305 e. The zero-order valence-electron chi connectivity index (χ0n) is 9.72. The number of benzene rings is 1. The highest BCUT2D eigenvalue weighted by Gasteiger charge is 2.10. The van der Waals surface area contributed by atoms with E-state index in [9.17, 15) is 9.90 Å². The van der Waals surface area contributed by atoms with Crippen LogP contribution in [-0.4, -0.2) is 17.7 Å². The Bertz CT molecular complexity index is 406. The van der Waals surface area contributed by atoms with Crippen LogP contribution in [0.3, 0.4) is 0 Å². The van der Waals surface area contributed by atoms with Gasteiger partial charge >= 0.3 is 5.97 Å². The van der Waals surface area contributed by atoms with Crippen LogP contribution in [0.1, 0.15) is 37.0 Å². The zero-order valence-corrected chi connectivity index (χ0v) is 9.72. The summed E-state index contributed by atoms with van der Waals surface area (Å²) in [5, 5.41) is 18.4. The molecule has 0 aliphatic rings. The molecule has 0 spiro atoms. The molecule has 0 aromatic heterocycles. The van der Waals surface area contributed by atoms with Gasteiger partial charge in [-0.25, -0.2) is 0 Å². The number of ether oxygens (including phenoxy) is 1. The number of nitrogens with zero attached hydrogens (tertiary/aromatic N) is 1. The number of aliphatic hydroxyl groups excluding tert-OH is 1. The number of hydrogen-bond donors (Lipinski definition) is 1. The average Bonchev–Trinajstić information content (AvgIpc) is 2.36.